The lowest BCUT2D eigenvalue weighted by molar-refractivity contribution is 0.475. The Kier molecular flexibility index (Phi) is 1.47. The summed E-state index contributed by atoms with van der Waals surface area (Å²) in [6.45, 7) is 0. The maximum absolute atomic E-state index is 6.51. The van der Waals surface area contributed by atoms with E-state index < -0.39 is 0 Å². The van der Waals surface area contributed by atoms with Gasteiger partial charge < -0.3 is 5.11 Å². The predicted molar refractivity (Wildman–Crippen MR) is 38.1 cm³/mol. The molecule has 1 nitrogen and oxygen atoms in total. The molecule has 0 radical (unpaired) electrons. The molecule has 1 aromatic carbocycles. The molecule has 0 aliphatic carbocycles. The Bertz CT molecular complexity index is 239. The van der Waals surface area contributed by atoms with Gasteiger partial charge in [0.1, 0.15) is 5.75 Å². The van der Waals surface area contributed by atoms with Crippen LogP contribution in [-0.2, 0) is 0 Å². The van der Waals surface area contributed by atoms with Crippen molar-refractivity contribution in [1.29, 1.82) is 1.43 Å². The summed E-state index contributed by atoms with van der Waals surface area (Å²) in [5.74, 6) is 0.384. The van der Waals surface area contributed by atoms with Crippen LogP contribution in [-0.4, -0.2) is 6.54 Å². The highest BCUT2D eigenvalue weighted by Gasteiger charge is 1.95. The summed E-state index contributed by atoms with van der Waals surface area (Å²) in [5, 5.41) is 5.01. The molecule has 0 heterocycles. The highest BCUT2D eigenvalue weighted by atomic mass is 35.5. The van der Waals surface area contributed by atoms with Gasteiger partial charge in [0.05, 0.1) is 10.0 Å². The summed E-state index contributed by atoms with van der Waals surface area (Å²) < 4.78 is 6.51. The van der Waals surface area contributed by atoms with Gasteiger partial charge in [0.2, 0.25) is 0 Å². The van der Waals surface area contributed by atoms with Crippen molar-refractivity contribution in [3.05, 3.63) is 28.2 Å². The predicted octanol–water partition coefficient (Wildman–Crippen LogP) is 2.70. The fourth-order valence-corrected chi connectivity index (χ4v) is 0.765. The number of benzene rings is 1. The topological polar surface area (TPSA) is 20.2 Å². The minimum Gasteiger partial charge on any atom is -0.508 e. The van der Waals surface area contributed by atoms with Gasteiger partial charge in [-0.15, -0.1) is 0 Å². The molecule has 3 heteroatoms. The van der Waals surface area contributed by atoms with Gasteiger partial charge in [-0.2, -0.15) is 0 Å². The lowest BCUT2D eigenvalue weighted by Gasteiger charge is -1.93. The molecule has 9 heavy (non-hydrogen) atoms. The van der Waals surface area contributed by atoms with Crippen LogP contribution in [0.4, 0.5) is 0 Å². The van der Waals surface area contributed by atoms with Crippen molar-refractivity contribution in [2.24, 2.45) is 0 Å². The molecule has 0 saturated carbocycles. The number of halogens is 2. The van der Waals surface area contributed by atoms with Crippen LogP contribution in [0, 0.1) is 0 Å². The third-order valence-electron chi connectivity index (χ3n) is 0.891. The molecule has 0 aliphatic rings. The third kappa shape index (κ3) is 1.50. The average Bonchev–Trinajstić information content (AvgIpc) is 1.95. The first-order valence-electron chi connectivity index (χ1n) is 2.73. The van der Waals surface area contributed by atoms with Crippen LogP contribution in [0.3, 0.4) is 0 Å². The van der Waals surface area contributed by atoms with Crippen LogP contribution in [0.15, 0.2) is 18.2 Å². The highest BCUT2D eigenvalue weighted by Crippen LogP contribution is 2.24. The van der Waals surface area contributed by atoms with E-state index >= 15 is 0 Å². The Morgan fingerprint density at radius 2 is 2.11 bits per heavy atom. The van der Waals surface area contributed by atoms with E-state index in [0.717, 1.165) is 0 Å². The first kappa shape index (κ1) is 5.39. The van der Waals surface area contributed by atoms with Crippen LogP contribution < -0.4 is 0 Å². The SMILES string of the molecule is [2H]Oc1ccc(Cl)c(Cl)c1. The quantitative estimate of drug-likeness (QED) is 0.676. The van der Waals surface area contributed by atoms with Gasteiger partial charge in [-0.05, 0) is 18.2 Å². The molecule has 1 aromatic rings. The van der Waals surface area contributed by atoms with Crippen LogP contribution in [0.1, 0.15) is 0 Å². The third-order valence-corrected chi connectivity index (χ3v) is 1.63. The Balaban J connectivity index is 3.04. The van der Waals surface area contributed by atoms with E-state index in [-0.39, 0.29) is 0 Å². The minimum atomic E-state index is 0.384. The van der Waals surface area contributed by atoms with Crippen LogP contribution in [0.2, 0.25) is 10.0 Å². The summed E-state index contributed by atoms with van der Waals surface area (Å²) in [6.07, 6.45) is 0. The van der Waals surface area contributed by atoms with Crippen LogP contribution >= 0.6 is 23.2 Å². The van der Waals surface area contributed by atoms with E-state index in [1.807, 2.05) is 0 Å². The van der Waals surface area contributed by atoms with E-state index in [1.54, 1.807) is 12.1 Å². The maximum Gasteiger partial charge on any atom is 0.293 e. The summed E-state index contributed by atoms with van der Waals surface area (Å²) in [4.78, 5) is 0. The molecule has 0 amide bonds. The highest BCUT2D eigenvalue weighted by molar-refractivity contribution is 6.42. The number of aromatic hydroxyl groups is 1. The minimum absolute atomic E-state index is 0.384. The van der Waals surface area contributed by atoms with Crippen LogP contribution in [0.25, 0.3) is 0 Å². The van der Waals surface area contributed by atoms with E-state index in [2.05, 4.69) is 5.11 Å². The van der Waals surface area contributed by atoms with Gasteiger partial charge in [-0.1, -0.05) is 23.2 Å². The monoisotopic (exact) mass is 163 g/mol. The van der Waals surface area contributed by atoms with Gasteiger partial charge in [0.15, 0.2) is 0 Å². The molecule has 0 aliphatic heterocycles. The van der Waals surface area contributed by atoms with Gasteiger partial charge in [0, 0.05) is 0 Å². The summed E-state index contributed by atoms with van der Waals surface area (Å²) in [6, 6.07) is 4.63. The molecule has 48 valence electrons. The lowest BCUT2D eigenvalue weighted by atomic mass is 10.3. The Morgan fingerprint density at radius 3 is 2.67 bits per heavy atom. The molecule has 0 fully saturated rings. The summed E-state index contributed by atoms with van der Waals surface area (Å²) >= 11 is 11.2. The van der Waals surface area contributed by atoms with Crippen LogP contribution in [0.5, 0.6) is 5.75 Å². The molecule has 1 rings (SSSR count). The van der Waals surface area contributed by atoms with Gasteiger partial charge in [-0.25, -0.2) is 0 Å². The number of hydrogen-bond donors (Lipinski definition) is 1. The van der Waals surface area contributed by atoms with E-state index in [4.69, 9.17) is 24.6 Å². The van der Waals surface area contributed by atoms with E-state index in [1.165, 1.54) is 6.07 Å². The smallest absolute Gasteiger partial charge is 0.293 e. The second kappa shape index (κ2) is 2.46. The fraction of sp³-hybridized carbons (Fsp3) is 0. The Labute approximate surface area is 64.3 Å². The second-order valence-corrected chi connectivity index (χ2v) is 2.39. The largest absolute Gasteiger partial charge is 0.508 e. The number of rotatable bonds is 1. The molecule has 0 unspecified atom stereocenters. The van der Waals surface area contributed by atoms with Crippen molar-refractivity contribution in [2.45, 2.75) is 0 Å². The fourth-order valence-electron chi connectivity index (χ4n) is 0.477. The number of phenolic OH excluding ortho intramolecular Hbond substituents is 1. The zero-order valence-corrected chi connectivity index (χ0v) is 5.91. The normalized spacial score (nSPS) is 10.7. The Morgan fingerprint density at radius 1 is 1.33 bits per heavy atom. The maximum atomic E-state index is 6.51. The molecule has 0 spiro atoms. The van der Waals surface area contributed by atoms with Gasteiger partial charge in [0.25, 0.3) is 1.43 Å². The molecular weight excluding hydrogens is 159 g/mol. The van der Waals surface area contributed by atoms with E-state index in [0.29, 0.717) is 15.8 Å². The summed E-state index contributed by atoms with van der Waals surface area (Å²) in [5.41, 5.74) is 0. The Hall–Kier alpha value is -0.400. The van der Waals surface area contributed by atoms with Gasteiger partial charge >= 0.3 is 0 Å². The summed E-state index contributed by atoms with van der Waals surface area (Å²) in [7, 11) is 0. The second-order valence-electron chi connectivity index (χ2n) is 1.58. The first-order chi connectivity index (χ1) is 4.74. The van der Waals surface area contributed by atoms with Crippen molar-refractivity contribution in [3.63, 3.8) is 0 Å². The number of phenols is 1. The average molecular weight is 164 g/mol. The molecule has 0 saturated heterocycles. The van der Waals surface area contributed by atoms with Crippen molar-refractivity contribution in [2.75, 3.05) is 0 Å². The zero-order valence-electron chi connectivity index (χ0n) is 5.40. The zero-order chi connectivity index (χ0) is 7.56. The van der Waals surface area contributed by atoms with E-state index in [9.17, 15) is 0 Å². The molecular formula is C6H4Cl2O. The van der Waals surface area contributed by atoms with Crippen molar-refractivity contribution in [3.8, 4) is 5.75 Å². The number of hydrogen-bond acceptors (Lipinski definition) is 1. The first-order valence-corrected chi connectivity index (χ1v) is 3.08. The van der Waals surface area contributed by atoms with Gasteiger partial charge in [-0.3, -0.25) is 0 Å². The molecule has 0 aromatic heterocycles. The molecule has 0 atom stereocenters. The van der Waals surface area contributed by atoms with Crippen molar-refractivity contribution in [1.82, 2.24) is 0 Å². The van der Waals surface area contributed by atoms with Crippen molar-refractivity contribution >= 4 is 23.2 Å². The standard InChI is InChI=1S/C6H4Cl2O/c7-5-2-1-4(9)3-6(5)8/h1-3,9H/i/hD. The molecule has 1 N–H and O–H groups in total. The molecule has 0 bridgehead atoms. The van der Waals surface area contributed by atoms with Crippen molar-refractivity contribution < 1.29 is 5.11 Å². The lowest BCUT2D eigenvalue weighted by Crippen LogP contribution is -1.66.